The third-order valence-electron chi connectivity index (χ3n) is 3.48. The first-order chi connectivity index (χ1) is 8.56. The van der Waals surface area contributed by atoms with Crippen LogP contribution in [0.3, 0.4) is 0 Å². The van der Waals surface area contributed by atoms with Gasteiger partial charge in [-0.25, -0.2) is 4.39 Å². The van der Waals surface area contributed by atoms with E-state index >= 15 is 0 Å². The molecule has 0 N–H and O–H groups in total. The van der Waals surface area contributed by atoms with Crippen molar-refractivity contribution >= 4 is 33.4 Å². The number of hydrogen-bond donors (Lipinski definition) is 0. The van der Waals surface area contributed by atoms with Gasteiger partial charge in [0, 0.05) is 17.9 Å². The lowest BCUT2D eigenvalue weighted by molar-refractivity contribution is 0.0738. The number of rotatable bonds is 2. The lowest BCUT2D eigenvalue weighted by Crippen LogP contribution is -2.38. The number of alkyl halides is 1. The molecule has 1 saturated heterocycles. The van der Waals surface area contributed by atoms with Crippen molar-refractivity contribution in [3.05, 3.63) is 34.6 Å². The van der Waals surface area contributed by atoms with Crippen LogP contribution in [0.5, 0.6) is 0 Å². The van der Waals surface area contributed by atoms with Crippen molar-refractivity contribution in [1.29, 1.82) is 0 Å². The molecular weight excluding hydrogens is 321 g/mol. The van der Waals surface area contributed by atoms with Gasteiger partial charge in [-0.2, -0.15) is 0 Å². The molecule has 1 aromatic carbocycles. The molecule has 1 heterocycles. The number of amides is 1. The summed E-state index contributed by atoms with van der Waals surface area (Å²) in [6.07, 6.45) is 0.967. The molecule has 1 aliphatic heterocycles. The second kappa shape index (κ2) is 5.57. The van der Waals surface area contributed by atoms with Crippen LogP contribution in [0.2, 0.25) is 5.02 Å². The zero-order chi connectivity index (χ0) is 13.3. The van der Waals surface area contributed by atoms with Gasteiger partial charge in [0.2, 0.25) is 0 Å². The molecule has 1 amide bonds. The molecule has 18 heavy (non-hydrogen) atoms. The van der Waals surface area contributed by atoms with Gasteiger partial charge in [0.1, 0.15) is 5.82 Å². The number of nitrogens with zero attached hydrogens (tertiary/aromatic N) is 1. The van der Waals surface area contributed by atoms with E-state index in [1.54, 1.807) is 11.0 Å². The zero-order valence-electron chi connectivity index (χ0n) is 10.00. The van der Waals surface area contributed by atoms with E-state index in [2.05, 4.69) is 22.9 Å². The van der Waals surface area contributed by atoms with Gasteiger partial charge in [0.25, 0.3) is 5.91 Å². The van der Waals surface area contributed by atoms with E-state index in [1.807, 2.05) is 0 Å². The third-order valence-corrected chi connectivity index (χ3v) is 4.53. The largest absolute Gasteiger partial charge is 0.334 e. The molecular formula is C13H14BrClFNO. The normalized spacial score (nSPS) is 23.4. The molecule has 0 aromatic heterocycles. The molecule has 1 aromatic rings. The molecule has 2 atom stereocenters. The minimum atomic E-state index is -0.551. The standard InChI is InChI=1S/C13H14BrClFNO/c1-8-5-6-17(11(8)7-14)13(18)9-3-2-4-10(16)12(9)15/h2-4,8,11H,5-7H2,1H3. The number of hydrogen-bond acceptors (Lipinski definition) is 1. The van der Waals surface area contributed by atoms with E-state index in [0.717, 1.165) is 11.8 Å². The van der Waals surface area contributed by atoms with E-state index in [1.165, 1.54) is 12.1 Å². The topological polar surface area (TPSA) is 20.3 Å². The fraction of sp³-hybridized carbons (Fsp3) is 0.462. The molecule has 0 aliphatic carbocycles. The molecule has 1 aliphatic rings. The minimum absolute atomic E-state index is 0.0876. The van der Waals surface area contributed by atoms with Crippen LogP contribution in [0.4, 0.5) is 4.39 Å². The van der Waals surface area contributed by atoms with Crippen molar-refractivity contribution in [2.45, 2.75) is 19.4 Å². The van der Waals surface area contributed by atoms with Gasteiger partial charge in [0.15, 0.2) is 0 Å². The van der Waals surface area contributed by atoms with E-state index in [9.17, 15) is 9.18 Å². The fourth-order valence-electron chi connectivity index (χ4n) is 2.32. The Bertz CT molecular complexity index is 468. The third kappa shape index (κ3) is 2.41. The quantitative estimate of drug-likeness (QED) is 0.755. The molecule has 5 heteroatoms. The zero-order valence-corrected chi connectivity index (χ0v) is 12.3. The van der Waals surface area contributed by atoms with Crippen LogP contribution >= 0.6 is 27.5 Å². The fourth-order valence-corrected chi connectivity index (χ4v) is 3.51. The monoisotopic (exact) mass is 333 g/mol. The van der Waals surface area contributed by atoms with Crippen LogP contribution in [0.25, 0.3) is 0 Å². The Balaban J connectivity index is 2.29. The summed E-state index contributed by atoms with van der Waals surface area (Å²) < 4.78 is 13.4. The maximum absolute atomic E-state index is 13.4. The summed E-state index contributed by atoms with van der Waals surface area (Å²) in [7, 11) is 0. The maximum atomic E-state index is 13.4. The average molecular weight is 335 g/mol. The minimum Gasteiger partial charge on any atom is -0.334 e. The highest BCUT2D eigenvalue weighted by Gasteiger charge is 2.34. The highest BCUT2D eigenvalue weighted by atomic mass is 79.9. The molecule has 2 nitrogen and oxygen atoms in total. The summed E-state index contributed by atoms with van der Waals surface area (Å²) in [6, 6.07) is 4.49. The highest BCUT2D eigenvalue weighted by Crippen LogP contribution is 2.29. The van der Waals surface area contributed by atoms with Gasteiger partial charge in [-0.1, -0.05) is 40.5 Å². The van der Waals surface area contributed by atoms with Crippen molar-refractivity contribution in [2.24, 2.45) is 5.92 Å². The maximum Gasteiger partial charge on any atom is 0.255 e. The van der Waals surface area contributed by atoms with E-state index in [0.29, 0.717) is 12.5 Å². The van der Waals surface area contributed by atoms with Crippen LogP contribution < -0.4 is 0 Å². The van der Waals surface area contributed by atoms with Crippen molar-refractivity contribution in [2.75, 3.05) is 11.9 Å². The highest BCUT2D eigenvalue weighted by molar-refractivity contribution is 9.09. The second-order valence-corrected chi connectivity index (χ2v) is 5.61. The van der Waals surface area contributed by atoms with E-state index in [-0.39, 0.29) is 22.5 Å². The molecule has 1 fully saturated rings. The average Bonchev–Trinajstić information content (AvgIpc) is 2.73. The van der Waals surface area contributed by atoms with Crippen LogP contribution in [-0.2, 0) is 0 Å². The lowest BCUT2D eigenvalue weighted by Gasteiger charge is -2.25. The summed E-state index contributed by atoms with van der Waals surface area (Å²) in [5.74, 6) is -0.292. The number of carbonyl (C=O) groups is 1. The first-order valence-corrected chi connectivity index (χ1v) is 7.37. The molecule has 0 spiro atoms. The van der Waals surface area contributed by atoms with Gasteiger partial charge in [-0.3, -0.25) is 4.79 Å². The Hall–Kier alpha value is -0.610. The number of benzene rings is 1. The predicted octanol–water partition coefficient (Wildman–Crippen LogP) is 3.72. The van der Waals surface area contributed by atoms with Crippen molar-refractivity contribution in [3.63, 3.8) is 0 Å². The first kappa shape index (κ1) is 13.8. The van der Waals surface area contributed by atoms with Crippen LogP contribution in [-0.4, -0.2) is 28.7 Å². The van der Waals surface area contributed by atoms with Crippen molar-refractivity contribution in [3.8, 4) is 0 Å². The SMILES string of the molecule is CC1CCN(C(=O)c2cccc(F)c2Cl)C1CBr. The lowest BCUT2D eigenvalue weighted by atomic mass is 10.0. The molecule has 2 rings (SSSR count). The molecule has 0 saturated carbocycles. The van der Waals surface area contributed by atoms with E-state index < -0.39 is 5.82 Å². The van der Waals surface area contributed by atoms with Gasteiger partial charge in [-0.05, 0) is 24.5 Å². The van der Waals surface area contributed by atoms with Gasteiger partial charge in [0.05, 0.1) is 10.6 Å². The van der Waals surface area contributed by atoms with E-state index in [4.69, 9.17) is 11.6 Å². The summed E-state index contributed by atoms with van der Waals surface area (Å²) in [5.41, 5.74) is 0.247. The predicted molar refractivity (Wildman–Crippen MR) is 73.8 cm³/mol. The number of likely N-dealkylation sites (tertiary alicyclic amines) is 1. The van der Waals surface area contributed by atoms with Crippen molar-refractivity contribution in [1.82, 2.24) is 4.90 Å². The molecule has 2 unspecified atom stereocenters. The van der Waals surface area contributed by atoms with Gasteiger partial charge >= 0.3 is 0 Å². The number of carbonyl (C=O) groups excluding carboxylic acids is 1. The Morgan fingerprint density at radius 1 is 1.61 bits per heavy atom. The van der Waals surface area contributed by atoms with Crippen LogP contribution in [0.1, 0.15) is 23.7 Å². The van der Waals surface area contributed by atoms with Gasteiger partial charge in [-0.15, -0.1) is 0 Å². The summed E-state index contributed by atoms with van der Waals surface area (Å²) in [5, 5.41) is 0.641. The smallest absolute Gasteiger partial charge is 0.255 e. The van der Waals surface area contributed by atoms with Gasteiger partial charge < -0.3 is 4.90 Å². The summed E-state index contributed by atoms with van der Waals surface area (Å²) in [4.78, 5) is 14.2. The molecule has 0 radical (unpaired) electrons. The Morgan fingerprint density at radius 2 is 2.33 bits per heavy atom. The van der Waals surface area contributed by atoms with Crippen LogP contribution in [0, 0.1) is 11.7 Å². The Labute approximate surface area is 119 Å². The summed E-state index contributed by atoms with van der Waals surface area (Å²) >= 11 is 9.29. The van der Waals surface area contributed by atoms with Crippen LogP contribution in [0.15, 0.2) is 18.2 Å². The Kier molecular flexibility index (Phi) is 4.28. The second-order valence-electron chi connectivity index (χ2n) is 4.59. The molecule has 98 valence electrons. The van der Waals surface area contributed by atoms with Crippen molar-refractivity contribution < 1.29 is 9.18 Å². The Morgan fingerprint density at radius 3 is 3.00 bits per heavy atom. The number of halogens is 3. The first-order valence-electron chi connectivity index (χ1n) is 5.87. The molecule has 0 bridgehead atoms. The summed E-state index contributed by atoms with van der Waals surface area (Å²) in [6.45, 7) is 2.81.